The molecule has 0 saturated carbocycles. The average Bonchev–Trinajstić information content (AvgIpc) is 0.970. The summed E-state index contributed by atoms with van der Waals surface area (Å²) < 4.78 is 33.3. The number of esters is 2. The molecule has 0 aliphatic rings. The van der Waals surface area contributed by atoms with Crippen LogP contribution in [-0.2, 0) is 32.7 Å². The predicted octanol–water partition coefficient (Wildman–Crippen LogP) is 30.1. The summed E-state index contributed by atoms with van der Waals surface area (Å²) in [4.78, 5) is 35.5. The summed E-state index contributed by atoms with van der Waals surface area (Å²) in [5.74, 6) is -0.806. The molecule has 0 aromatic carbocycles. The van der Waals surface area contributed by atoms with Crippen LogP contribution >= 0.6 is 7.82 Å². The van der Waals surface area contributed by atoms with Crippen LogP contribution in [0, 0.1) is 0 Å². The highest BCUT2D eigenvalue weighted by atomic mass is 31.2. The first-order valence-electron chi connectivity index (χ1n) is 44.0. The second-order valence-corrected chi connectivity index (χ2v) is 30.8. The SMILES string of the molecule is CC/C=C\C/C=C\C/C=C\C/C=C\C/C=C\C/C=C\CCCCCCCCCCCCCCCCCCCCCCCCC(=O)OC(COC(=O)CCCCCCCCCCCCCCCCCCCCCCCCCCCCCC/C=C\C/C=C\C/C=C\C/C=C\CC)COP(=O)(O)OCCN. The molecule has 0 bridgehead atoms. The Morgan fingerprint density at radius 3 is 0.748 bits per heavy atom. The van der Waals surface area contributed by atoms with Crippen molar-refractivity contribution in [2.24, 2.45) is 5.73 Å². The lowest BCUT2D eigenvalue weighted by Gasteiger charge is -2.19. The van der Waals surface area contributed by atoms with E-state index in [1.165, 1.54) is 295 Å². The van der Waals surface area contributed by atoms with Gasteiger partial charge in [0.25, 0.3) is 0 Å². The molecule has 103 heavy (non-hydrogen) atoms. The first-order chi connectivity index (χ1) is 50.8. The van der Waals surface area contributed by atoms with Gasteiger partial charge < -0.3 is 20.1 Å². The van der Waals surface area contributed by atoms with Gasteiger partial charge in [-0.15, -0.1) is 0 Å². The third kappa shape index (κ3) is 87.2. The third-order valence-corrected chi connectivity index (χ3v) is 20.3. The molecule has 0 aliphatic heterocycles. The smallest absolute Gasteiger partial charge is 0.462 e. The number of phosphoric acid groups is 1. The van der Waals surface area contributed by atoms with E-state index in [2.05, 4.69) is 135 Å². The molecule has 0 amide bonds. The molecule has 3 N–H and O–H groups in total. The number of phosphoric ester groups is 1. The van der Waals surface area contributed by atoms with Gasteiger partial charge in [0.2, 0.25) is 0 Å². The van der Waals surface area contributed by atoms with Gasteiger partial charge >= 0.3 is 19.8 Å². The van der Waals surface area contributed by atoms with Gasteiger partial charge in [-0.1, -0.05) is 431 Å². The van der Waals surface area contributed by atoms with Crippen molar-refractivity contribution in [1.82, 2.24) is 0 Å². The lowest BCUT2D eigenvalue weighted by atomic mass is 10.0. The largest absolute Gasteiger partial charge is 0.472 e. The first-order valence-corrected chi connectivity index (χ1v) is 45.5. The van der Waals surface area contributed by atoms with Gasteiger partial charge in [0.15, 0.2) is 6.10 Å². The maximum absolute atomic E-state index is 12.8. The van der Waals surface area contributed by atoms with Gasteiger partial charge in [-0.2, -0.15) is 0 Å². The Labute approximate surface area is 638 Å². The fraction of sp³-hybridized carbons (Fsp3) is 0.763. The Morgan fingerprint density at radius 1 is 0.291 bits per heavy atom. The maximum atomic E-state index is 12.8. The van der Waals surface area contributed by atoms with E-state index in [-0.39, 0.29) is 38.6 Å². The summed E-state index contributed by atoms with van der Waals surface area (Å²) >= 11 is 0. The highest BCUT2D eigenvalue weighted by Gasteiger charge is 2.26. The van der Waals surface area contributed by atoms with Crippen LogP contribution in [0.2, 0.25) is 0 Å². The molecule has 0 heterocycles. The molecule has 0 radical (unpaired) electrons. The van der Waals surface area contributed by atoms with Crippen LogP contribution in [0.15, 0.2) is 122 Å². The van der Waals surface area contributed by atoms with Crippen molar-refractivity contribution in [1.29, 1.82) is 0 Å². The molecule has 2 unspecified atom stereocenters. The predicted molar refractivity (Wildman–Crippen MR) is 450 cm³/mol. The van der Waals surface area contributed by atoms with E-state index in [4.69, 9.17) is 24.3 Å². The van der Waals surface area contributed by atoms with E-state index in [1.807, 2.05) is 0 Å². The Bertz CT molecular complexity index is 2120. The van der Waals surface area contributed by atoms with Crippen molar-refractivity contribution >= 4 is 19.8 Å². The summed E-state index contributed by atoms with van der Waals surface area (Å²) in [6.45, 7) is 3.58. The summed E-state index contributed by atoms with van der Waals surface area (Å²) in [6, 6.07) is 0. The molecule has 0 saturated heterocycles. The Hall–Kier alpha value is -3.59. The zero-order valence-corrected chi connectivity index (χ0v) is 68.4. The van der Waals surface area contributed by atoms with Gasteiger partial charge in [0.1, 0.15) is 6.61 Å². The first kappa shape index (κ1) is 99.4. The van der Waals surface area contributed by atoms with Gasteiger partial charge in [-0.3, -0.25) is 18.6 Å². The number of rotatable bonds is 83. The monoisotopic (exact) mass is 1460 g/mol. The Balaban J connectivity index is 3.73. The normalized spacial score (nSPS) is 13.4. The molecule has 0 rings (SSSR count). The molecule has 0 aromatic rings. The van der Waals surface area contributed by atoms with Crippen molar-refractivity contribution in [3.05, 3.63) is 122 Å². The van der Waals surface area contributed by atoms with E-state index >= 15 is 0 Å². The Morgan fingerprint density at radius 2 is 0.505 bits per heavy atom. The van der Waals surface area contributed by atoms with E-state index < -0.39 is 26.5 Å². The molecule has 2 atom stereocenters. The summed E-state index contributed by atoms with van der Waals surface area (Å²) in [5.41, 5.74) is 5.43. The van der Waals surface area contributed by atoms with E-state index in [1.54, 1.807) is 0 Å². The van der Waals surface area contributed by atoms with Crippen molar-refractivity contribution in [2.75, 3.05) is 26.4 Å². The standard InChI is InChI=1S/C93H166NO8P/c1-3-5-7-9-11-13-15-17-19-21-23-25-27-29-31-33-35-37-39-41-43-45-47-49-51-53-55-57-59-61-63-65-67-69-71-73-75-77-79-81-83-85-92(95)99-89-91(90-101-103(97,98)100-88-87-94)102-93(96)86-84-82-80-78-76-74-72-70-68-66-64-62-60-58-56-54-52-50-48-46-44-42-40-38-36-34-32-30-28-26-24-22-20-18-16-14-12-10-8-6-4-2/h5-8,11-14,17-20,23-26,30,32,36,38,91H,3-4,9-10,15-16,21-22,27-29,31,33-35,37,39-90,94H2,1-2H3,(H,97,98)/b7-5-,8-6-,13-11-,14-12-,19-17-,20-18-,25-23-,26-24-,32-30-,38-36-. The number of hydrogen-bond donors (Lipinski definition) is 2. The lowest BCUT2D eigenvalue weighted by molar-refractivity contribution is -0.161. The second kappa shape index (κ2) is 87.3. The van der Waals surface area contributed by atoms with Crippen LogP contribution in [0.4, 0.5) is 0 Å². The number of unbranched alkanes of at least 4 members (excludes halogenated alkanes) is 50. The van der Waals surface area contributed by atoms with Crippen LogP contribution in [0.3, 0.4) is 0 Å². The maximum Gasteiger partial charge on any atom is 0.472 e. The summed E-state index contributed by atoms with van der Waals surface area (Å²) in [6.07, 6.45) is 124. The minimum absolute atomic E-state index is 0.0536. The Kier molecular flexibility index (Phi) is 84.3. The van der Waals surface area contributed by atoms with Crippen molar-refractivity contribution in [3.8, 4) is 0 Å². The molecular formula is C93H166NO8P. The van der Waals surface area contributed by atoms with Crippen molar-refractivity contribution in [3.63, 3.8) is 0 Å². The van der Waals surface area contributed by atoms with Gasteiger partial charge in [0, 0.05) is 19.4 Å². The topological polar surface area (TPSA) is 134 Å². The summed E-state index contributed by atoms with van der Waals surface area (Å²) in [7, 11) is -4.40. The highest BCUT2D eigenvalue weighted by Crippen LogP contribution is 2.43. The van der Waals surface area contributed by atoms with E-state index in [9.17, 15) is 19.0 Å². The van der Waals surface area contributed by atoms with Crippen LogP contribution < -0.4 is 5.73 Å². The average molecular weight is 1460 g/mol. The van der Waals surface area contributed by atoms with Crippen molar-refractivity contribution in [2.45, 2.75) is 431 Å². The van der Waals surface area contributed by atoms with Gasteiger partial charge in [0.05, 0.1) is 13.2 Å². The van der Waals surface area contributed by atoms with E-state index in [0.717, 1.165) is 96.3 Å². The number of hydrogen-bond acceptors (Lipinski definition) is 8. The zero-order valence-electron chi connectivity index (χ0n) is 67.5. The third-order valence-electron chi connectivity index (χ3n) is 19.3. The minimum Gasteiger partial charge on any atom is -0.462 e. The number of allylic oxidation sites excluding steroid dienone is 20. The van der Waals surface area contributed by atoms with Crippen LogP contribution in [0.5, 0.6) is 0 Å². The second-order valence-electron chi connectivity index (χ2n) is 29.4. The zero-order chi connectivity index (χ0) is 74.3. The summed E-state index contributed by atoms with van der Waals surface area (Å²) in [5, 5.41) is 0. The molecule has 9 nitrogen and oxygen atoms in total. The van der Waals surface area contributed by atoms with Crippen molar-refractivity contribution < 1.29 is 37.6 Å². The quantitative estimate of drug-likeness (QED) is 0.0264. The minimum atomic E-state index is -4.40. The fourth-order valence-electron chi connectivity index (χ4n) is 12.9. The highest BCUT2D eigenvalue weighted by molar-refractivity contribution is 7.47. The van der Waals surface area contributed by atoms with Gasteiger partial charge in [-0.25, -0.2) is 4.57 Å². The molecule has 0 aromatic heterocycles. The molecule has 0 fully saturated rings. The van der Waals surface area contributed by atoms with Crippen LogP contribution in [0.25, 0.3) is 0 Å². The number of ether oxygens (including phenoxy) is 2. The number of carbonyl (C=O) groups excluding carboxylic acids is 2. The molecule has 0 spiro atoms. The molecule has 0 aliphatic carbocycles. The van der Waals surface area contributed by atoms with E-state index in [0.29, 0.717) is 6.42 Å². The fourth-order valence-corrected chi connectivity index (χ4v) is 13.7. The van der Waals surface area contributed by atoms with Gasteiger partial charge in [-0.05, 0) is 103 Å². The number of nitrogens with two attached hydrogens (primary N) is 1. The van der Waals surface area contributed by atoms with Crippen LogP contribution in [-0.4, -0.2) is 49.3 Å². The molecular weight excluding hydrogens is 1290 g/mol. The number of carbonyl (C=O) groups is 2. The molecule has 596 valence electrons. The van der Waals surface area contributed by atoms with Crippen LogP contribution in [0.1, 0.15) is 425 Å². The lowest BCUT2D eigenvalue weighted by Crippen LogP contribution is -2.29. The molecule has 10 heteroatoms.